The molecular weight excluding hydrogens is 126 g/mol. The molecule has 0 unspecified atom stereocenters. The standard InChI is InChI=1S/C4H5NO2S/c1-7-3-2-8-4(6)5-3/h2H2,1H3. The van der Waals surface area contributed by atoms with Crippen LogP contribution in [0, 0.1) is 0 Å². The molecule has 3 nitrogen and oxygen atoms in total. The molecule has 4 heteroatoms. The van der Waals surface area contributed by atoms with Crippen molar-refractivity contribution < 1.29 is 9.53 Å². The first-order valence-electron chi connectivity index (χ1n) is 2.11. The van der Waals surface area contributed by atoms with Crippen LogP contribution in [0.5, 0.6) is 0 Å². The van der Waals surface area contributed by atoms with Gasteiger partial charge < -0.3 is 4.74 Å². The van der Waals surface area contributed by atoms with E-state index in [1.54, 1.807) is 0 Å². The smallest absolute Gasteiger partial charge is 0.308 e. The van der Waals surface area contributed by atoms with Crippen molar-refractivity contribution in [1.82, 2.24) is 0 Å². The normalized spacial score (nSPS) is 18.6. The SMILES string of the molecule is COC1=NC(=O)SC1. The largest absolute Gasteiger partial charge is 0.483 e. The van der Waals surface area contributed by atoms with E-state index in [4.69, 9.17) is 0 Å². The minimum atomic E-state index is -0.151. The molecule has 1 heterocycles. The molecule has 0 radical (unpaired) electrons. The summed E-state index contributed by atoms with van der Waals surface area (Å²) in [5, 5.41) is -0.151. The Balaban J connectivity index is 2.57. The van der Waals surface area contributed by atoms with Gasteiger partial charge in [-0.1, -0.05) is 11.8 Å². The molecule has 0 aromatic heterocycles. The van der Waals surface area contributed by atoms with Crippen LogP contribution in [0.15, 0.2) is 4.99 Å². The molecule has 1 rings (SSSR count). The zero-order valence-electron chi connectivity index (χ0n) is 4.38. The molecule has 0 bridgehead atoms. The Kier molecular flexibility index (Phi) is 1.53. The Morgan fingerprint density at radius 2 is 2.62 bits per heavy atom. The van der Waals surface area contributed by atoms with Crippen molar-refractivity contribution in [2.24, 2.45) is 4.99 Å². The number of carbonyl (C=O) groups is 1. The van der Waals surface area contributed by atoms with Gasteiger partial charge in [0.1, 0.15) is 0 Å². The molecule has 0 aromatic carbocycles. The number of carbonyl (C=O) groups excluding carboxylic acids is 1. The second-order valence-electron chi connectivity index (χ2n) is 1.26. The Labute approximate surface area is 51.1 Å². The molecular formula is C4H5NO2S. The second kappa shape index (κ2) is 2.17. The van der Waals surface area contributed by atoms with Crippen molar-refractivity contribution in [3.05, 3.63) is 0 Å². The summed E-state index contributed by atoms with van der Waals surface area (Å²) < 4.78 is 4.69. The Hall–Kier alpha value is -0.510. The predicted molar refractivity (Wildman–Crippen MR) is 32.3 cm³/mol. The van der Waals surface area contributed by atoms with Crippen LogP contribution in [-0.2, 0) is 4.74 Å². The highest BCUT2D eigenvalue weighted by atomic mass is 32.2. The predicted octanol–water partition coefficient (Wildman–Crippen LogP) is 0.898. The number of rotatable bonds is 0. The molecule has 0 saturated carbocycles. The molecule has 1 aliphatic heterocycles. The summed E-state index contributed by atoms with van der Waals surface area (Å²) in [6.07, 6.45) is 0. The summed E-state index contributed by atoms with van der Waals surface area (Å²) in [6.45, 7) is 0. The first-order chi connectivity index (χ1) is 3.83. The van der Waals surface area contributed by atoms with Gasteiger partial charge in [0.2, 0.25) is 5.90 Å². The minimum absolute atomic E-state index is 0.151. The summed E-state index contributed by atoms with van der Waals surface area (Å²) in [5.41, 5.74) is 0. The lowest BCUT2D eigenvalue weighted by Crippen LogP contribution is -1.98. The molecule has 1 amide bonds. The van der Waals surface area contributed by atoms with Gasteiger partial charge in [-0.3, -0.25) is 4.79 Å². The number of nitrogens with zero attached hydrogens (tertiary/aromatic N) is 1. The molecule has 0 spiro atoms. The second-order valence-corrected chi connectivity index (χ2v) is 2.19. The maximum absolute atomic E-state index is 10.3. The lowest BCUT2D eigenvalue weighted by molar-refractivity contribution is 0.267. The molecule has 0 fully saturated rings. The summed E-state index contributed by atoms with van der Waals surface area (Å²) in [5.74, 6) is 1.12. The third-order valence-electron chi connectivity index (χ3n) is 0.771. The van der Waals surface area contributed by atoms with Crippen LogP contribution in [0.2, 0.25) is 0 Å². The molecule has 0 aliphatic carbocycles. The third kappa shape index (κ3) is 1.01. The van der Waals surface area contributed by atoms with Gasteiger partial charge in [-0.05, 0) is 0 Å². The van der Waals surface area contributed by atoms with Crippen molar-refractivity contribution in [1.29, 1.82) is 0 Å². The highest BCUT2D eigenvalue weighted by Crippen LogP contribution is 2.13. The maximum atomic E-state index is 10.3. The highest BCUT2D eigenvalue weighted by molar-refractivity contribution is 8.14. The van der Waals surface area contributed by atoms with Crippen LogP contribution < -0.4 is 0 Å². The Bertz CT molecular complexity index is 143. The first-order valence-corrected chi connectivity index (χ1v) is 3.10. The summed E-state index contributed by atoms with van der Waals surface area (Å²) >= 11 is 1.16. The molecule has 44 valence electrons. The van der Waals surface area contributed by atoms with Crippen molar-refractivity contribution in [2.75, 3.05) is 12.9 Å². The summed E-state index contributed by atoms with van der Waals surface area (Å²) in [7, 11) is 1.51. The van der Waals surface area contributed by atoms with Gasteiger partial charge >= 0.3 is 5.24 Å². The molecule has 0 aromatic rings. The van der Waals surface area contributed by atoms with Crippen LogP contribution in [-0.4, -0.2) is 24.0 Å². The van der Waals surface area contributed by atoms with Gasteiger partial charge in [-0.15, -0.1) is 0 Å². The van der Waals surface area contributed by atoms with Gasteiger partial charge in [0.25, 0.3) is 0 Å². The van der Waals surface area contributed by atoms with E-state index in [0.717, 1.165) is 11.8 Å². The van der Waals surface area contributed by atoms with Crippen LogP contribution in [0.1, 0.15) is 0 Å². The number of ether oxygens (including phenoxy) is 1. The van der Waals surface area contributed by atoms with Gasteiger partial charge in [-0.2, -0.15) is 4.99 Å². The zero-order chi connectivity index (χ0) is 5.98. The lowest BCUT2D eigenvalue weighted by atomic mass is 10.8. The van der Waals surface area contributed by atoms with E-state index >= 15 is 0 Å². The number of hydrogen-bond donors (Lipinski definition) is 0. The van der Waals surface area contributed by atoms with E-state index in [-0.39, 0.29) is 5.24 Å². The quantitative estimate of drug-likeness (QED) is 0.490. The van der Waals surface area contributed by atoms with Crippen molar-refractivity contribution in [3.8, 4) is 0 Å². The van der Waals surface area contributed by atoms with Crippen LogP contribution >= 0.6 is 11.8 Å². The van der Waals surface area contributed by atoms with Crippen molar-refractivity contribution in [3.63, 3.8) is 0 Å². The average molecular weight is 131 g/mol. The average Bonchev–Trinajstić information content (AvgIpc) is 2.14. The number of hydrogen-bond acceptors (Lipinski definition) is 3. The van der Waals surface area contributed by atoms with E-state index in [1.165, 1.54) is 7.11 Å². The molecule has 0 N–H and O–H groups in total. The Morgan fingerprint density at radius 3 is 2.88 bits per heavy atom. The monoisotopic (exact) mass is 131 g/mol. The van der Waals surface area contributed by atoms with E-state index in [0.29, 0.717) is 11.7 Å². The molecule has 0 atom stereocenters. The number of aliphatic imine (C=N–C) groups is 1. The van der Waals surface area contributed by atoms with Crippen molar-refractivity contribution >= 4 is 22.9 Å². The maximum Gasteiger partial charge on any atom is 0.308 e. The third-order valence-corrected chi connectivity index (χ3v) is 1.50. The molecule has 0 saturated heterocycles. The number of amides is 1. The van der Waals surface area contributed by atoms with Gasteiger partial charge in [0.05, 0.1) is 12.9 Å². The van der Waals surface area contributed by atoms with Gasteiger partial charge in [0, 0.05) is 0 Å². The Morgan fingerprint density at radius 1 is 1.88 bits per heavy atom. The summed E-state index contributed by atoms with van der Waals surface area (Å²) in [6, 6.07) is 0. The summed E-state index contributed by atoms with van der Waals surface area (Å²) in [4.78, 5) is 13.8. The number of thioether (sulfide) groups is 1. The fraction of sp³-hybridized carbons (Fsp3) is 0.500. The minimum Gasteiger partial charge on any atom is -0.483 e. The van der Waals surface area contributed by atoms with E-state index in [2.05, 4.69) is 9.73 Å². The van der Waals surface area contributed by atoms with Gasteiger partial charge in [0.15, 0.2) is 0 Å². The fourth-order valence-corrected chi connectivity index (χ4v) is 0.990. The lowest BCUT2D eigenvalue weighted by Gasteiger charge is -1.89. The topological polar surface area (TPSA) is 38.7 Å². The van der Waals surface area contributed by atoms with Crippen molar-refractivity contribution in [2.45, 2.75) is 0 Å². The van der Waals surface area contributed by atoms with E-state index in [9.17, 15) is 4.79 Å². The molecule has 1 aliphatic rings. The van der Waals surface area contributed by atoms with Gasteiger partial charge in [-0.25, -0.2) is 0 Å². The van der Waals surface area contributed by atoms with Crippen LogP contribution in [0.3, 0.4) is 0 Å². The number of methoxy groups -OCH3 is 1. The first kappa shape index (κ1) is 5.62. The van der Waals surface area contributed by atoms with Crippen LogP contribution in [0.25, 0.3) is 0 Å². The van der Waals surface area contributed by atoms with E-state index in [1.807, 2.05) is 0 Å². The highest BCUT2D eigenvalue weighted by Gasteiger charge is 2.13. The fourth-order valence-electron chi connectivity index (χ4n) is 0.394. The van der Waals surface area contributed by atoms with Crippen LogP contribution in [0.4, 0.5) is 4.79 Å². The van der Waals surface area contributed by atoms with E-state index < -0.39 is 0 Å². The molecule has 8 heavy (non-hydrogen) atoms. The zero-order valence-corrected chi connectivity index (χ0v) is 5.20.